The molecule has 0 amide bonds. The molecular weight excluding hydrogens is 220 g/mol. The molecule has 0 saturated heterocycles. The molecule has 0 heterocycles. The Hall–Kier alpha value is -0.960. The highest BCUT2D eigenvalue weighted by Gasteiger charge is 2.37. The zero-order valence-corrected chi connectivity index (χ0v) is 10.2. The molecule has 17 heavy (non-hydrogen) atoms. The molecule has 3 heteroatoms. The zero-order valence-electron chi connectivity index (χ0n) is 10.2. The summed E-state index contributed by atoms with van der Waals surface area (Å²) in [5, 5.41) is 0. The average molecular weight is 239 g/mol. The molecule has 94 valence electrons. The lowest BCUT2D eigenvalue weighted by molar-refractivity contribution is 0.345. The summed E-state index contributed by atoms with van der Waals surface area (Å²) in [5.74, 6) is -0.447. The van der Waals surface area contributed by atoms with E-state index in [0.29, 0.717) is 6.54 Å². The molecule has 1 saturated carbocycles. The first-order valence-corrected chi connectivity index (χ1v) is 6.24. The van der Waals surface area contributed by atoms with Crippen LogP contribution in [0.3, 0.4) is 0 Å². The van der Waals surface area contributed by atoms with E-state index in [0.717, 1.165) is 31.2 Å². The molecule has 0 spiro atoms. The van der Waals surface area contributed by atoms with E-state index in [1.807, 2.05) is 6.07 Å². The Balaban J connectivity index is 2.54. The Bertz CT molecular complexity index is 395. The van der Waals surface area contributed by atoms with Crippen molar-refractivity contribution in [2.75, 3.05) is 6.54 Å². The van der Waals surface area contributed by atoms with E-state index >= 15 is 0 Å². The quantitative estimate of drug-likeness (QED) is 0.856. The lowest BCUT2D eigenvalue weighted by Gasteiger charge is -2.30. The van der Waals surface area contributed by atoms with Crippen LogP contribution in [-0.4, -0.2) is 6.54 Å². The monoisotopic (exact) mass is 239 g/mol. The standard InChI is InChI=1S/C14H19F2N/c1-10(15)13-11(5-4-6-12(13)16)14(9-17)7-2-3-8-14/h4-6,10H,2-3,7-9,17H2,1H3. The van der Waals surface area contributed by atoms with Gasteiger partial charge in [-0.2, -0.15) is 0 Å². The van der Waals surface area contributed by atoms with Crippen LogP contribution in [0.5, 0.6) is 0 Å². The van der Waals surface area contributed by atoms with Gasteiger partial charge in [0, 0.05) is 17.5 Å². The van der Waals surface area contributed by atoms with Gasteiger partial charge >= 0.3 is 0 Å². The number of hydrogen-bond acceptors (Lipinski definition) is 1. The SMILES string of the molecule is CC(F)c1c(F)cccc1C1(CN)CCCC1. The smallest absolute Gasteiger partial charge is 0.129 e. The molecule has 0 radical (unpaired) electrons. The normalized spacial score (nSPS) is 20.5. The van der Waals surface area contributed by atoms with E-state index in [1.54, 1.807) is 6.07 Å². The van der Waals surface area contributed by atoms with Crippen molar-refractivity contribution < 1.29 is 8.78 Å². The van der Waals surface area contributed by atoms with Crippen LogP contribution >= 0.6 is 0 Å². The topological polar surface area (TPSA) is 26.0 Å². The van der Waals surface area contributed by atoms with Gasteiger partial charge in [0.1, 0.15) is 12.0 Å². The molecule has 0 aromatic heterocycles. The molecule has 1 fully saturated rings. The summed E-state index contributed by atoms with van der Waals surface area (Å²) in [4.78, 5) is 0. The van der Waals surface area contributed by atoms with E-state index in [9.17, 15) is 8.78 Å². The predicted molar refractivity (Wildman–Crippen MR) is 65.1 cm³/mol. The van der Waals surface area contributed by atoms with Crippen LogP contribution in [0.4, 0.5) is 8.78 Å². The van der Waals surface area contributed by atoms with Crippen molar-refractivity contribution in [1.29, 1.82) is 0 Å². The van der Waals surface area contributed by atoms with E-state index in [4.69, 9.17) is 5.73 Å². The van der Waals surface area contributed by atoms with Gasteiger partial charge in [0.2, 0.25) is 0 Å². The van der Waals surface area contributed by atoms with Crippen molar-refractivity contribution in [3.05, 3.63) is 35.1 Å². The minimum Gasteiger partial charge on any atom is -0.330 e. The summed E-state index contributed by atoms with van der Waals surface area (Å²) in [6, 6.07) is 4.83. The lowest BCUT2D eigenvalue weighted by atomic mass is 9.76. The van der Waals surface area contributed by atoms with Crippen molar-refractivity contribution in [3.8, 4) is 0 Å². The maximum Gasteiger partial charge on any atom is 0.129 e. The van der Waals surface area contributed by atoms with E-state index < -0.39 is 12.0 Å². The number of hydrogen-bond donors (Lipinski definition) is 1. The Morgan fingerprint density at radius 3 is 2.53 bits per heavy atom. The number of halogens is 2. The molecule has 2 rings (SSSR count). The van der Waals surface area contributed by atoms with Crippen molar-refractivity contribution in [2.24, 2.45) is 5.73 Å². The summed E-state index contributed by atoms with van der Waals surface area (Å²) < 4.78 is 27.4. The molecule has 1 aliphatic rings. The molecule has 1 aliphatic carbocycles. The maximum atomic E-state index is 13.8. The first-order chi connectivity index (χ1) is 8.10. The van der Waals surface area contributed by atoms with Crippen LogP contribution in [0.15, 0.2) is 18.2 Å². The number of nitrogens with two attached hydrogens (primary N) is 1. The third kappa shape index (κ3) is 2.08. The molecule has 2 N–H and O–H groups in total. The van der Waals surface area contributed by atoms with E-state index in [1.165, 1.54) is 13.0 Å². The highest BCUT2D eigenvalue weighted by atomic mass is 19.1. The summed E-state index contributed by atoms with van der Waals surface area (Å²) in [6.07, 6.45) is 2.77. The average Bonchev–Trinajstić information content (AvgIpc) is 2.77. The third-order valence-electron chi connectivity index (χ3n) is 3.97. The molecule has 1 unspecified atom stereocenters. The van der Waals surface area contributed by atoms with E-state index in [-0.39, 0.29) is 11.0 Å². The summed E-state index contributed by atoms with van der Waals surface area (Å²) >= 11 is 0. The van der Waals surface area contributed by atoms with Gasteiger partial charge in [0.05, 0.1) is 0 Å². The highest BCUT2D eigenvalue weighted by Crippen LogP contribution is 2.43. The number of rotatable bonds is 3. The van der Waals surface area contributed by atoms with Crippen molar-refractivity contribution in [3.63, 3.8) is 0 Å². The third-order valence-corrected chi connectivity index (χ3v) is 3.97. The van der Waals surface area contributed by atoms with Gasteiger partial charge in [-0.15, -0.1) is 0 Å². The first-order valence-electron chi connectivity index (χ1n) is 6.24. The van der Waals surface area contributed by atoms with Gasteiger partial charge in [-0.1, -0.05) is 25.0 Å². The fourth-order valence-electron chi connectivity index (χ4n) is 3.04. The van der Waals surface area contributed by atoms with E-state index in [2.05, 4.69) is 0 Å². The van der Waals surface area contributed by atoms with Gasteiger partial charge in [-0.3, -0.25) is 0 Å². The molecule has 0 aliphatic heterocycles. The minimum atomic E-state index is -1.28. The van der Waals surface area contributed by atoms with Crippen LogP contribution in [0.25, 0.3) is 0 Å². The molecule has 1 nitrogen and oxygen atoms in total. The fourth-order valence-corrected chi connectivity index (χ4v) is 3.04. The highest BCUT2D eigenvalue weighted by molar-refractivity contribution is 5.38. The maximum absolute atomic E-state index is 13.8. The Morgan fingerprint density at radius 1 is 1.35 bits per heavy atom. The largest absolute Gasteiger partial charge is 0.330 e. The molecule has 0 bridgehead atoms. The fraction of sp³-hybridized carbons (Fsp3) is 0.571. The second-order valence-corrected chi connectivity index (χ2v) is 5.01. The summed E-state index contributed by atoms with van der Waals surface area (Å²) in [6.45, 7) is 1.86. The molecule has 1 aromatic rings. The number of benzene rings is 1. The lowest BCUT2D eigenvalue weighted by Crippen LogP contribution is -2.33. The second-order valence-electron chi connectivity index (χ2n) is 5.01. The van der Waals surface area contributed by atoms with Crippen LogP contribution in [0.2, 0.25) is 0 Å². The number of alkyl halides is 1. The second kappa shape index (κ2) is 4.73. The van der Waals surface area contributed by atoms with Crippen molar-refractivity contribution in [1.82, 2.24) is 0 Å². The van der Waals surface area contributed by atoms with Gasteiger partial charge in [0.15, 0.2) is 0 Å². The molecule has 1 atom stereocenters. The van der Waals surface area contributed by atoms with Crippen molar-refractivity contribution in [2.45, 2.75) is 44.2 Å². The van der Waals surface area contributed by atoms with Gasteiger partial charge in [-0.05, 0) is 31.4 Å². The Labute approximate surface area is 101 Å². The van der Waals surface area contributed by atoms with Crippen LogP contribution in [0.1, 0.15) is 49.9 Å². The molecular formula is C14H19F2N. The van der Waals surface area contributed by atoms with Crippen LogP contribution in [-0.2, 0) is 5.41 Å². The minimum absolute atomic E-state index is 0.208. The summed E-state index contributed by atoms with van der Waals surface area (Å²) in [7, 11) is 0. The van der Waals surface area contributed by atoms with Gasteiger partial charge < -0.3 is 5.73 Å². The van der Waals surface area contributed by atoms with Gasteiger partial charge in [-0.25, -0.2) is 8.78 Å². The first kappa shape index (κ1) is 12.5. The Morgan fingerprint density at radius 2 is 2.00 bits per heavy atom. The Kier molecular flexibility index (Phi) is 3.48. The molecule has 1 aromatic carbocycles. The van der Waals surface area contributed by atoms with Gasteiger partial charge in [0.25, 0.3) is 0 Å². The van der Waals surface area contributed by atoms with Crippen LogP contribution in [0, 0.1) is 5.82 Å². The summed E-state index contributed by atoms with van der Waals surface area (Å²) in [5.41, 5.74) is 6.66. The van der Waals surface area contributed by atoms with Crippen LogP contribution < -0.4 is 5.73 Å². The van der Waals surface area contributed by atoms with Crippen molar-refractivity contribution >= 4 is 0 Å². The zero-order chi connectivity index (χ0) is 12.5. The predicted octanol–water partition coefficient (Wildman–Crippen LogP) is 3.63.